The number of allylic oxidation sites excluding steroid dienone is 3. The second kappa shape index (κ2) is 20.0. The van der Waals surface area contributed by atoms with Crippen molar-refractivity contribution in [1.82, 2.24) is 0 Å². The minimum absolute atomic E-state index is 0.405. The first kappa shape index (κ1) is 23.2. The maximum Gasteiger partial charge on any atom is 0.384 e. The second-order valence-electron chi connectivity index (χ2n) is 4.72. The van der Waals surface area contributed by atoms with Crippen molar-refractivity contribution in [3.05, 3.63) is 24.3 Å². The monoisotopic (exact) mass is 322 g/mol. The van der Waals surface area contributed by atoms with Gasteiger partial charge in [0.1, 0.15) is 0 Å². The summed E-state index contributed by atoms with van der Waals surface area (Å²) in [6.45, 7) is 6.30. The van der Waals surface area contributed by atoms with Gasteiger partial charge in [0, 0.05) is 18.4 Å². The van der Waals surface area contributed by atoms with E-state index in [0.29, 0.717) is 6.61 Å². The zero-order valence-corrected chi connectivity index (χ0v) is 14.6. The summed E-state index contributed by atoms with van der Waals surface area (Å²) in [6.07, 6.45) is 14.1. The Balaban J connectivity index is 0. The van der Waals surface area contributed by atoms with Crippen molar-refractivity contribution in [3.63, 3.8) is 0 Å². The molecule has 0 aromatic heterocycles. The Morgan fingerprint density at radius 3 is 2.35 bits per heavy atom. The number of hydrogen-bond donors (Lipinski definition) is 1. The topological polar surface area (TPSA) is 63.6 Å². The third kappa shape index (κ3) is 25.3. The Bertz CT molecular complexity index is 411. The molecule has 4 heteroatoms. The van der Waals surface area contributed by atoms with E-state index in [0.717, 1.165) is 25.7 Å². The Labute approximate surface area is 140 Å². The molecular formula is C19H30O4. The first-order chi connectivity index (χ1) is 11.1. The van der Waals surface area contributed by atoms with Crippen molar-refractivity contribution in [1.29, 1.82) is 0 Å². The SMILES string of the molecule is CC=CCCC=CC(=O)O.CCCCCCC#CC(=O)OCC. The zero-order chi connectivity index (χ0) is 17.8. The van der Waals surface area contributed by atoms with Gasteiger partial charge in [-0.1, -0.05) is 50.3 Å². The number of carboxylic acid groups (broad SMARTS) is 1. The summed E-state index contributed by atoms with van der Waals surface area (Å²) in [5.41, 5.74) is 0. The van der Waals surface area contributed by atoms with E-state index in [9.17, 15) is 9.59 Å². The van der Waals surface area contributed by atoms with Gasteiger partial charge >= 0.3 is 11.9 Å². The molecule has 0 radical (unpaired) electrons. The van der Waals surface area contributed by atoms with Gasteiger partial charge < -0.3 is 9.84 Å². The van der Waals surface area contributed by atoms with Gasteiger partial charge in [0.05, 0.1) is 6.61 Å². The first-order valence-electron chi connectivity index (χ1n) is 8.24. The van der Waals surface area contributed by atoms with Crippen LogP contribution in [0, 0.1) is 11.8 Å². The van der Waals surface area contributed by atoms with Crippen molar-refractivity contribution in [2.75, 3.05) is 6.61 Å². The highest BCUT2D eigenvalue weighted by Crippen LogP contribution is 2.00. The van der Waals surface area contributed by atoms with Gasteiger partial charge in [-0.2, -0.15) is 0 Å². The number of aliphatic carboxylic acids is 1. The van der Waals surface area contributed by atoms with Crippen LogP contribution in [0.2, 0.25) is 0 Å². The van der Waals surface area contributed by atoms with E-state index in [2.05, 4.69) is 23.5 Å². The van der Waals surface area contributed by atoms with Crippen LogP contribution in [0.5, 0.6) is 0 Å². The smallest absolute Gasteiger partial charge is 0.384 e. The van der Waals surface area contributed by atoms with Crippen LogP contribution in [0.3, 0.4) is 0 Å². The number of carbonyl (C=O) groups excluding carboxylic acids is 1. The fourth-order valence-corrected chi connectivity index (χ4v) is 1.49. The lowest BCUT2D eigenvalue weighted by Gasteiger charge is -1.92. The highest BCUT2D eigenvalue weighted by molar-refractivity contribution is 5.88. The van der Waals surface area contributed by atoms with Crippen LogP contribution in [0.25, 0.3) is 0 Å². The summed E-state index contributed by atoms with van der Waals surface area (Å²) in [4.78, 5) is 20.7. The number of carbonyl (C=O) groups is 2. The summed E-state index contributed by atoms with van der Waals surface area (Å²) in [5, 5.41) is 8.17. The molecule has 0 heterocycles. The normalized spacial score (nSPS) is 9.87. The molecule has 0 aliphatic carbocycles. The van der Waals surface area contributed by atoms with E-state index >= 15 is 0 Å². The maximum absolute atomic E-state index is 10.7. The molecule has 0 fully saturated rings. The average Bonchev–Trinajstić information content (AvgIpc) is 2.51. The number of hydrogen-bond acceptors (Lipinski definition) is 3. The molecular weight excluding hydrogens is 292 g/mol. The van der Waals surface area contributed by atoms with E-state index in [1.165, 1.54) is 25.3 Å². The van der Waals surface area contributed by atoms with Crippen LogP contribution in [0.15, 0.2) is 24.3 Å². The number of rotatable bonds is 9. The minimum atomic E-state index is -0.875. The lowest BCUT2D eigenvalue weighted by Crippen LogP contribution is -1.99. The number of esters is 1. The highest BCUT2D eigenvalue weighted by Gasteiger charge is 1.91. The largest absolute Gasteiger partial charge is 0.478 e. The first-order valence-corrected chi connectivity index (χ1v) is 8.24. The molecule has 0 rings (SSSR count). The summed E-state index contributed by atoms with van der Waals surface area (Å²) < 4.78 is 4.66. The molecule has 0 unspecified atom stereocenters. The lowest BCUT2D eigenvalue weighted by molar-refractivity contribution is -0.136. The van der Waals surface area contributed by atoms with Gasteiger partial charge in [-0.05, 0) is 33.1 Å². The predicted octanol–water partition coefficient (Wildman–Crippen LogP) is 4.51. The Hall–Kier alpha value is -2.02. The van der Waals surface area contributed by atoms with Gasteiger partial charge in [0.2, 0.25) is 0 Å². The fourth-order valence-electron chi connectivity index (χ4n) is 1.49. The van der Waals surface area contributed by atoms with Crippen molar-refractivity contribution in [2.24, 2.45) is 0 Å². The standard InChI is InChI=1S/C11H18O2.C8H12O2/c1-3-5-6-7-8-9-10-11(12)13-4-2;1-2-3-4-5-6-7-8(9)10/h3-8H2,1-2H3;2-3,6-7H,4-5H2,1H3,(H,9,10). The zero-order valence-electron chi connectivity index (χ0n) is 14.6. The van der Waals surface area contributed by atoms with Crippen molar-refractivity contribution < 1.29 is 19.4 Å². The summed E-state index contributed by atoms with van der Waals surface area (Å²) in [7, 11) is 0. The molecule has 0 bridgehead atoms. The van der Waals surface area contributed by atoms with Crippen LogP contribution in [-0.2, 0) is 14.3 Å². The third-order valence-electron chi connectivity index (χ3n) is 2.62. The van der Waals surface area contributed by atoms with Gasteiger partial charge in [0.15, 0.2) is 0 Å². The van der Waals surface area contributed by atoms with Crippen molar-refractivity contribution >= 4 is 11.9 Å². The predicted molar refractivity (Wildman–Crippen MR) is 94.0 cm³/mol. The van der Waals surface area contributed by atoms with Crippen molar-refractivity contribution in [3.8, 4) is 11.8 Å². The van der Waals surface area contributed by atoms with Gasteiger partial charge in [0.25, 0.3) is 0 Å². The molecule has 0 saturated carbocycles. The molecule has 0 aliphatic heterocycles. The lowest BCUT2D eigenvalue weighted by atomic mass is 10.2. The van der Waals surface area contributed by atoms with Crippen LogP contribution in [-0.4, -0.2) is 23.7 Å². The van der Waals surface area contributed by atoms with Gasteiger partial charge in [-0.15, -0.1) is 0 Å². The molecule has 1 N–H and O–H groups in total. The minimum Gasteiger partial charge on any atom is -0.478 e. The van der Waals surface area contributed by atoms with Crippen LogP contribution >= 0.6 is 0 Å². The molecule has 0 aromatic carbocycles. The molecule has 23 heavy (non-hydrogen) atoms. The Morgan fingerprint density at radius 2 is 1.78 bits per heavy atom. The van der Waals surface area contributed by atoms with Crippen LogP contribution in [0.4, 0.5) is 0 Å². The molecule has 0 saturated heterocycles. The fraction of sp³-hybridized carbons (Fsp3) is 0.579. The number of carboxylic acids is 1. The van der Waals surface area contributed by atoms with Crippen LogP contribution < -0.4 is 0 Å². The van der Waals surface area contributed by atoms with E-state index in [1.807, 2.05) is 19.1 Å². The Morgan fingerprint density at radius 1 is 1.09 bits per heavy atom. The molecule has 4 nitrogen and oxygen atoms in total. The summed E-state index contributed by atoms with van der Waals surface area (Å²) >= 11 is 0. The molecule has 130 valence electrons. The average molecular weight is 322 g/mol. The molecule has 0 aromatic rings. The van der Waals surface area contributed by atoms with Crippen LogP contribution in [0.1, 0.15) is 65.7 Å². The molecule has 0 spiro atoms. The van der Waals surface area contributed by atoms with Gasteiger partial charge in [-0.25, -0.2) is 9.59 Å². The van der Waals surface area contributed by atoms with E-state index in [1.54, 1.807) is 13.0 Å². The van der Waals surface area contributed by atoms with E-state index in [-0.39, 0.29) is 0 Å². The van der Waals surface area contributed by atoms with Gasteiger partial charge in [-0.3, -0.25) is 0 Å². The highest BCUT2D eigenvalue weighted by atomic mass is 16.5. The summed E-state index contributed by atoms with van der Waals surface area (Å²) in [5.74, 6) is 3.97. The quantitative estimate of drug-likeness (QED) is 0.169. The molecule has 0 atom stereocenters. The maximum atomic E-state index is 10.7. The Kier molecular flexibility index (Phi) is 20.2. The molecule has 0 aliphatic rings. The third-order valence-corrected chi connectivity index (χ3v) is 2.62. The number of ether oxygens (including phenoxy) is 1. The molecule has 0 amide bonds. The van der Waals surface area contributed by atoms with E-state index < -0.39 is 11.9 Å². The number of unbranched alkanes of at least 4 members (excludes halogenated alkanes) is 5. The van der Waals surface area contributed by atoms with E-state index in [4.69, 9.17) is 5.11 Å². The second-order valence-corrected chi connectivity index (χ2v) is 4.72. The van der Waals surface area contributed by atoms with Crippen molar-refractivity contribution in [2.45, 2.75) is 65.7 Å². The summed E-state index contributed by atoms with van der Waals surface area (Å²) in [6, 6.07) is 0.